The van der Waals surface area contributed by atoms with E-state index in [1.165, 1.54) is 6.92 Å². The quantitative estimate of drug-likeness (QED) is 0.733. The molecule has 0 saturated carbocycles. The van der Waals surface area contributed by atoms with Gasteiger partial charge in [0.15, 0.2) is 0 Å². The number of carbonyl (C=O) groups is 2. The lowest BCUT2D eigenvalue weighted by atomic mass is 10.1. The Morgan fingerprint density at radius 1 is 1.25 bits per heavy atom. The summed E-state index contributed by atoms with van der Waals surface area (Å²) in [5.74, 6) is -0.461. The van der Waals surface area contributed by atoms with Crippen LogP contribution in [-0.2, 0) is 16.0 Å². The predicted molar refractivity (Wildman–Crippen MR) is 61.2 cm³/mol. The zero-order chi connectivity index (χ0) is 12.0. The first kappa shape index (κ1) is 12.4. The molecule has 0 atom stereocenters. The minimum absolute atomic E-state index is 0.0988. The van der Waals surface area contributed by atoms with E-state index in [1.807, 2.05) is 12.1 Å². The van der Waals surface area contributed by atoms with Crippen LogP contribution in [0.1, 0.15) is 18.9 Å². The Bertz CT molecular complexity index is 370. The van der Waals surface area contributed by atoms with Crippen molar-refractivity contribution in [3.63, 3.8) is 0 Å². The van der Waals surface area contributed by atoms with Crippen LogP contribution in [-0.4, -0.2) is 23.4 Å². The molecule has 0 aromatic heterocycles. The average molecular weight is 221 g/mol. The number of rotatable bonds is 5. The smallest absolute Gasteiger partial charge is 0.231 e. The van der Waals surface area contributed by atoms with Crippen molar-refractivity contribution in [1.82, 2.24) is 0 Å². The molecule has 0 aliphatic carbocycles. The number of amides is 1. The number of carbonyl (C=O) groups excluding carboxylic acids is 2. The maximum atomic E-state index is 11.3. The van der Waals surface area contributed by atoms with Crippen LogP contribution < -0.4 is 5.32 Å². The molecule has 16 heavy (non-hydrogen) atoms. The van der Waals surface area contributed by atoms with Crippen LogP contribution in [0.25, 0.3) is 0 Å². The second kappa shape index (κ2) is 6.02. The SMILES string of the molecule is CC(=O)CC(=O)Nc1ccc(CCO)cc1. The maximum Gasteiger partial charge on any atom is 0.231 e. The van der Waals surface area contributed by atoms with Gasteiger partial charge in [-0.2, -0.15) is 0 Å². The Balaban J connectivity index is 2.54. The van der Waals surface area contributed by atoms with Gasteiger partial charge in [-0.15, -0.1) is 0 Å². The van der Waals surface area contributed by atoms with Gasteiger partial charge in [0.1, 0.15) is 5.78 Å². The molecule has 0 unspecified atom stereocenters. The summed E-state index contributed by atoms with van der Waals surface area (Å²) in [4.78, 5) is 22.0. The highest BCUT2D eigenvalue weighted by atomic mass is 16.3. The molecular weight excluding hydrogens is 206 g/mol. The Morgan fingerprint density at radius 3 is 2.38 bits per heavy atom. The highest BCUT2D eigenvalue weighted by molar-refractivity contribution is 6.03. The molecule has 1 aromatic rings. The van der Waals surface area contributed by atoms with Gasteiger partial charge >= 0.3 is 0 Å². The van der Waals surface area contributed by atoms with Crippen molar-refractivity contribution in [2.24, 2.45) is 0 Å². The molecule has 2 N–H and O–H groups in total. The Hall–Kier alpha value is -1.68. The topological polar surface area (TPSA) is 66.4 Å². The standard InChI is InChI=1S/C12H15NO3/c1-9(15)8-12(16)13-11-4-2-10(3-5-11)6-7-14/h2-5,14H,6-8H2,1H3,(H,13,16). The van der Waals surface area contributed by atoms with E-state index >= 15 is 0 Å². The molecule has 0 aliphatic heterocycles. The molecule has 0 aliphatic rings. The number of aliphatic hydroxyl groups is 1. The fraction of sp³-hybridized carbons (Fsp3) is 0.333. The fourth-order valence-corrected chi connectivity index (χ4v) is 1.32. The molecule has 0 saturated heterocycles. The highest BCUT2D eigenvalue weighted by Gasteiger charge is 2.04. The van der Waals surface area contributed by atoms with Gasteiger partial charge in [0.2, 0.25) is 5.91 Å². The molecule has 4 heteroatoms. The van der Waals surface area contributed by atoms with Crippen LogP contribution in [0, 0.1) is 0 Å². The monoisotopic (exact) mass is 221 g/mol. The van der Waals surface area contributed by atoms with Gasteiger partial charge in [-0.1, -0.05) is 12.1 Å². The summed E-state index contributed by atoms with van der Waals surface area (Å²) in [6, 6.07) is 7.17. The van der Waals surface area contributed by atoms with Crippen LogP contribution in [0.2, 0.25) is 0 Å². The molecule has 1 amide bonds. The minimum atomic E-state index is -0.303. The van der Waals surface area contributed by atoms with E-state index in [4.69, 9.17) is 5.11 Å². The van der Waals surface area contributed by atoms with Crippen molar-refractivity contribution >= 4 is 17.4 Å². The predicted octanol–water partition coefficient (Wildman–Crippen LogP) is 1.14. The summed E-state index contributed by atoms with van der Waals surface area (Å²) in [6.45, 7) is 1.49. The number of anilines is 1. The molecule has 1 rings (SSSR count). The second-order valence-electron chi connectivity index (χ2n) is 3.60. The van der Waals surface area contributed by atoms with Gasteiger partial charge in [0.05, 0.1) is 6.42 Å². The third-order valence-corrected chi connectivity index (χ3v) is 2.05. The van der Waals surface area contributed by atoms with Crippen molar-refractivity contribution in [3.05, 3.63) is 29.8 Å². The molecule has 0 heterocycles. The summed E-state index contributed by atoms with van der Waals surface area (Å²) in [7, 11) is 0. The van der Waals surface area contributed by atoms with Crippen molar-refractivity contribution in [2.45, 2.75) is 19.8 Å². The third kappa shape index (κ3) is 4.23. The summed E-state index contributed by atoms with van der Waals surface area (Å²) in [6.07, 6.45) is 0.500. The van der Waals surface area contributed by atoms with Crippen LogP contribution in [0.5, 0.6) is 0 Å². The number of ketones is 1. The lowest BCUT2D eigenvalue weighted by Crippen LogP contribution is -2.14. The molecule has 0 bridgehead atoms. The van der Waals surface area contributed by atoms with Crippen molar-refractivity contribution < 1.29 is 14.7 Å². The lowest BCUT2D eigenvalue weighted by molar-refractivity contribution is -0.124. The highest BCUT2D eigenvalue weighted by Crippen LogP contribution is 2.10. The van der Waals surface area contributed by atoms with Crippen molar-refractivity contribution in [2.75, 3.05) is 11.9 Å². The van der Waals surface area contributed by atoms with E-state index in [1.54, 1.807) is 12.1 Å². The van der Waals surface area contributed by atoms with Gasteiger partial charge in [-0.05, 0) is 31.0 Å². The number of benzene rings is 1. The maximum absolute atomic E-state index is 11.3. The van der Waals surface area contributed by atoms with Crippen molar-refractivity contribution in [1.29, 1.82) is 0 Å². The van der Waals surface area contributed by atoms with Crippen LogP contribution in [0.3, 0.4) is 0 Å². The zero-order valence-electron chi connectivity index (χ0n) is 9.19. The number of hydrogen-bond acceptors (Lipinski definition) is 3. The number of aliphatic hydroxyl groups excluding tert-OH is 1. The Labute approximate surface area is 94.3 Å². The van der Waals surface area contributed by atoms with Crippen LogP contribution >= 0.6 is 0 Å². The number of nitrogens with one attached hydrogen (secondary N) is 1. The molecular formula is C12H15NO3. The van der Waals surface area contributed by atoms with E-state index in [0.29, 0.717) is 12.1 Å². The number of hydrogen-bond donors (Lipinski definition) is 2. The molecule has 86 valence electrons. The van der Waals surface area contributed by atoms with Gasteiger partial charge in [0, 0.05) is 12.3 Å². The Morgan fingerprint density at radius 2 is 1.88 bits per heavy atom. The lowest BCUT2D eigenvalue weighted by Gasteiger charge is -2.04. The van der Waals surface area contributed by atoms with Crippen LogP contribution in [0.4, 0.5) is 5.69 Å². The van der Waals surface area contributed by atoms with Crippen molar-refractivity contribution in [3.8, 4) is 0 Å². The molecule has 0 radical (unpaired) electrons. The summed E-state index contributed by atoms with van der Waals surface area (Å²) >= 11 is 0. The molecule has 4 nitrogen and oxygen atoms in total. The van der Waals surface area contributed by atoms with Gasteiger partial charge in [0.25, 0.3) is 0 Å². The first-order chi connectivity index (χ1) is 7.61. The summed E-state index contributed by atoms with van der Waals surface area (Å²) < 4.78 is 0. The van der Waals surface area contributed by atoms with E-state index < -0.39 is 0 Å². The largest absolute Gasteiger partial charge is 0.396 e. The summed E-state index contributed by atoms with van der Waals surface area (Å²) in [5.41, 5.74) is 1.67. The molecule has 0 fully saturated rings. The van der Waals surface area contributed by atoms with Gasteiger partial charge < -0.3 is 10.4 Å². The average Bonchev–Trinajstić information content (AvgIpc) is 2.20. The normalized spacial score (nSPS) is 9.88. The first-order valence-corrected chi connectivity index (χ1v) is 5.11. The number of Topliss-reactive ketones (excluding diaryl/α,β-unsaturated/α-hetero) is 1. The zero-order valence-corrected chi connectivity index (χ0v) is 9.19. The fourth-order valence-electron chi connectivity index (χ4n) is 1.32. The molecule has 1 aromatic carbocycles. The van der Waals surface area contributed by atoms with E-state index in [0.717, 1.165) is 5.56 Å². The van der Waals surface area contributed by atoms with Crippen LogP contribution in [0.15, 0.2) is 24.3 Å². The Kier molecular flexibility index (Phi) is 4.66. The van der Waals surface area contributed by atoms with Gasteiger partial charge in [-0.3, -0.25) is 9.59 Å². The first-order valence-electron chi connectivity index (χ1n) is 5.11. The minimum Gasteiger partial charge on any atom is -0.396 e. The van der Waals surface area contributed by atoms with E-state index in [9.17, 15) is 9.59 Å². The third-order valence-electron chi connectivity index (χ3n) is 2.05. The van der Waals surface area contributed by atoms with E-state index in [-0.39, 0.29) is 24.7 Å². The second-order valence-corrected chi connectivity index (χ2v) is 3.60. The van der Waals surface area contributed by atoms with Gasteiger partial charge in [-0.25, -0.2) is 0 Å². The van der Waals surface area contributed by atoms with E-state index in [2.05, 4.69) is 5.32 Å². The summed E-state index contributed by atoms with van der Waals surface area (Å²) in [5, 5.41) is 11.3. The molecule has 0 spiro atoms.